The number of rotatable bonds is 4. The summed E-state index contributed by atoms with van der Waals surface area (Å²) in [5.41, 5.74) is 9.58. The Kier molecular flexibility index (Phi) is 4.84. The second-order valence-electron chi connectivity index (χ2n) is 5.90. The van der Waals surface area contributed by atoms with Crippen LogP contribution in [0, 0.1) is 6.92 Å². The van der Waals surface area contributed by atoms with Gasteiger partial charge in [0.1, 0.15) is 5.75 Å². The summed E-state index contributed by atoms with van der Waals surface area (Å²) in [7, 11) is 1.74. The van der Waals surface area contributed by atoms with Crippen molar-refractivity contribution in [3.8, 4) is 5.75 Å². The molecule has 0 heterocycles. The van der Waals surface area contributed by atoms with Crippen LogP contribution in [-0.4, -0.2) is 12.6 Å². The van der Waals surface area contributed by atoms with Gasteiger partial charge in [-0.15, -0.1) is 0 Å². The maximum Gasteiger partial charge on any atom is 0.125 e. The van der Waals surface area contributed by atoms with E-state index in [0.717, 1.165) is 16.6 Å². The van der Waals surface area contributed by atoms with Crippen molar-refractivity contribution >= 4 is 15.9 Å². The van der Waals surface area contributed by atoms with E-state index in [0.29, 0.717) is 5.92 Å². The fraction of sp³-hybridized carbons (Fsp3) is 0.600. The van der Waals surface area contributed by atoms with Gasteiger partial charge in [0.05, 0.1) is 7.11 Å². The smallest absolute Gasteiger partial charge is 0.125 e. The molecule has 0 spiro atoms. The zero-order valence-electron chi connectivity index (χ0n) is 12.2. The van der Waals surface area contributed by atoms with Gasteiger partial charge in [0.15, 0.2) is 0 Å². The molecule has 0 bridgehead atoms. The van der Waals surface area contributed by atoms with Gasteiger partial charge in [0.25, 0.3) is 0 Å². The Morgan fingerprint density at radius 2 is 1.94 bits per heavy atom. The first-order valence-corrected chi connectivity index (χ1v) is 7.11. The zero-order valence-corrected chi connectivity index (χ0v) is 13.8. The van der Waals surface area contributed by atoms with Crippen LogP contribution in [0.4, 0.5) is 0 Å². The summed E-state index contributed by atoms with van der Waals surface area (Å²) in [5.74, 6) is 1.42. The third-order valence-electron chi connectivity index (χ3n) is 3.09. The first kappa shape index (κ1) is 15.5. The monoisotopic (exact) mass is 313 g/mol. The molecule has 18 heavy (non-hydrogen) atoms. The Balaban J connectivity index is 3.45. The van der Waals surface area contributed by atoms with E-state index in [1.165, 1.54) is 16.7 Å². The highest BCUT2D eigenvalue weighted by Gasteiger charge is 2.22. The van der Waals surface area contributed by atoms with Gasteiger partial charge in [-0.2, -0.15) is 0 Å². The molecule has 0 radical (unpaired) electrons. The van der Waals surface area contributed by atoms with Crippen molar-refractivity contribution in [3.63, 3.8) is 0 Å². The molecule has 2 nitrogen and oxygen atoms in total. The summed E-state index contributed by atoms with van der Waals surface area (Å²) < 4.78 is 6.77. The minimum absolute atomic E-state index is 0.243. The molecule has 0 aliphatic heterocycles. The zero-order chi connectivity index (χ0) is 14.1. The van der Waals surface area contributed by atoms with Gasteiger partial charge >= 0.3 is 0 Å². The molecule has 2 N–H and O–H groups in total. The van der Waals surface area contributed by atoms with E-state index in [2.05, 4.69) is 42.8 Å². The topological polar surface area (TPSA) is 35.2 Å². The predicted octanol–water partition coefficient (Wildman–Crippen LogP) is 4.17. The molecule has 0 unspecified atom stereocenters. The van der Waals surface area contributed by atoms with Gasteiger partial charge in [-0.25, -0.2) is 0 Å². The van der Waals surface area contributed by atoms with E-state index in [-0.39, 0.29) is 5.54 Å². The number of methoxy groups -OCH3 is 1. The quantitative estimate of drug-likeness (QED) is 0.905. The van der Waals surface area contributed by atoms with Crippen LogP contribution in [0.5, 0.6) is 5.75 Å². The average molecular weight is 314 g/mol. The molecular formula is C15H24BrNO. The van der Waals surface area contributed by atoms with Crippen molar-refractivity contribution in [1.29, 1.82) is 0 Å². The second kappa shape index (κ2) is 5.62. The van der Waals surface area contributed by atoms with Gasteiger partial charge in [-0.05, 0) is 50.3 Å². The Morgan fingerprint density at radius 3 is 2.33 bits per heavy atom. The first-order valence-electron chi connectivity index (χ1n) is 6.32. The molecule has 1 aromatic rings. The van der Waals surface area contributed by atoms with Crippen LogP contribution in [0.1, 0.15) is 50.3 Å². The lowest BCUT2D eigenvalue weighted by atomic mass is 9.88. The minimum atomic E-state index is -0.243. The van der Waals surface area contributed by atoms with Crippen molar-refractivity contribution in [2.45, 2.75) is 52.5 Å². The molecular weight excluding hydrogens is 290 g/mol. The minimum Gasteiger partial charge on any atom is -0.496 e. The second-order valence-corrected chi connectivity index (χ2v) is 6.76. The lowest BCUT2D eigenvalue weighted by molar-refractivity contribution is 0.394. The van der Waals surface area contributed by atoms with E-state index < -0.39 is 0 Å². The molecule has 3 heteroatoms. The van der Waals surface area contributed by atoms with Crippen LogP contribution in [0.3, 0.4) is 0 Å². The summed E-state index contributed by atoms with van der Waals surface area (Å²) >= 11 is 3.64. The van der Waals surface area contributed by atoms with Crippen molar-refractivity contribution in [1.82, 2.24) is 0 Å². The fourth-order valence-corrected chi connectivity index (χ4v) is 2.62. The van der Waals surface area contributed by atoms with Gasteiger partial charge in [-0.3, -0.25) is 0 Å². The maximum atomic E-state index is 6.17. The predicted molar refractivity (Wildman–Crippen MR) is 81.5 cm³/mol. The molecule has 102 valence electrons. The number of benzene rings is 1. The molecule has 0 fully saturated rings. The van der Waals surface area contributed by atoms with Crippen LogP contribution in [0.15, 0.2) is 10.5 Å². The Morgan fingerprint density at radius 1 is 1.39 bits per heavy atom. The number of nitrogens with two attached hydrogens (primary N) is 1. The fourth-order valence-electron chi connectivity index (χ4n) is 2.14. The summed E-state index contributed by atoms with van der Waals surface area (Å²) in [5, 5.41) is 0. The Hall–Kier alpha value is -0.540. The third-order valence-corrected chi connectivity index (χ3v) is 3.91. The highest BCUT2D eigenvalue weighted by Crippen LogP contribution is 2.38. The normalized spacial score (nSPS) is 12.1. The van der Waals surface area contributed by atoms with Crippen molar-refractivity contribution in [3.05, 3.63) is 27.2 Å². The summed E-state index contributed by atoms with van der Waals surface area (Å²) in [4.78, 5) is 0. The molecule has 0 saturated carbocycles. The molecule has 0 aromatic heterocycles. The van der Waals surface area contributed by atoms with E-state index in [1.54, 1.807) is 7.11 Å². The molecule has 0 atom stereocenters. The van der Waals surface area contributed by atoms with Gasteiger partial charge in [-0.1, -0.05) is 29.8 Å². The van der Waals surface area contributed by atoms with Crippen molar-refractivity contribution in [2.75, 3.05) is 7.11 Å². The van der Waals surface area contributed by atoms with Crippen LogP contribution >= 0.6 is 15.9 Å². The summed E-state index contributed by atoms with van der Waals surface area (Å²) in [6.07, 6.45) is 0.807. The molecule has 1 rings (SSSR count). The van der Waals surface area contributed by atoms with Crippen molar-refractivity contribution in [2.24, 2.45) is 5.73 Å². The van der Waals surface area contributed by atoms with Gasteiger partial charge in [0.2, 0.25) is 0 Å². The van der Waals surface area contributed by atoms with E-state index >= 15 is 0 Å². The van der Waals surface area contributed by atoms with E-state index in [1.807, 2.05) is 13.8 Å². The molecule has 1 aromatic carbocycles. The Labute approximate surface area is 119 Å². The summed E-state index contributed by atoms with van der Waals surface area (Å²) in [6, 6.07) is 2.16. The average Bonchev–Trinajstić information content (AvgIpc) is 2.22. The third kappa shape index (κ3) is 3.48. The SMILES string of the molecule is COc1c(C(C)C)cc(Br)c(C)c1CC(C)(C)N. The van der Waals surface area contributed by atoms with Crippen LogP contribution < -0.4 is 10.5 Å². The van der Waals surface area contributed by atoms with Gasteiger partial charge in [0, 0.05) is 15.6 Å². The summed E-state index contributed by atoms with van der Waals surface area (Å²) in [6.45, 7) is 10.6. The molecule has 0 amide bonds. The molecule has 0 aliphatic carbocycles. The Bertz CT molecular complexity index is 433. The molecule has 0 saturated heterocycles. The lowest BCUT2D eigenvalue weighted by Crippen LogP contribution is -2.35. The van der Waals surface area contributed by atoms with Crippen LogP contribution in [0.25, 0.3) is 0 Å². The number of hydrogen-bond acceptors (Lipinski definition) is 2. The van der Waals surface area contributed by atoms with Gasteiger partial charge < -0.3 is 10.5 Å². The van der Waals surface area contributed by atoms with Crippen molar-refractivity contribution < 1.29 is 4.74 Å². The van der Waals surface area contributed by atoms with Crippen LogP contribution in [0.2, 0.25) is 0 Å². The highest BCUT2D eigenvalue weighted by molar-refractivity contribution is 9.10. The first-order chi connectivity index (χ1) is 8.17. The lowest BCUT2D eigenvalue weighted by Gasteiger charge is -2.25. The number of hydrogen-bond donors (Lipinski definition) is 1. The largest absolute Gasteiger partial charge is 0.496 e. The van der Waals surface area contributed by atoms with Crippen LogP contribution in [-0.2, 0) is 6.42 Å². The number of ether oxygens (including phenoxy) is 1. The van der Waals surface area contributed by atoms with E-state index in [4.69, 9.17) is 10.5 Å². The standard InChI is InChI=1S/C15H24BrNO/c1-9(2)11-7-13(16)10(3)12(14(11)18-6)8-15(4,5)17/h7,9H,8,17H2,1-6H3. The highest BCUT2D eigenvalue weighted by atomic mass is 79.9. The maximum absolute atomic E-state index is 6.17. The number of halogens is 1. The van der Waals surface area contributed by atoms with E-state index in [9.17, 15) is 0 Å². The molecule has 0 aliphatic rings.